The Bertz CT molecular complexity index is 556. The zero-order valence-electron chi connectivity index (χ0n) is 12.0. The molecule has 112 valence electrons. The van der Waals surface area contributed by atoms with E-state index in [1.165, 1.54) is 0 Å². The molecule has 0 aliphatic rings. The monoisotopic (exact) mass is 289 g/mol. The van der Waals surface area contributed by atoms with Crippen molar-refractivity contribution in [1.82, 2.24) is 25.5 Å². The molecule has 1 heterocycles. The molecule has 0 aliphatic carbocycles. The van der Waals surface area contributed by atoms with Crippen molar-refractivity contribution in [2.24, 2.45) is 0 Å². The first kappa shape index (κ1) is 15.1. The number of benzene rings is 1. The van der Waals surface area contributed by atoms with E-state index in [-0.39, 0.29) is 5.97 Å². The topological polar surface area (TPSA) is 81.9 Å². The first-order chi connectivity index (χ1) is 10.3. The Morgan fingerprint density at radius 2 is 2.14 bits per heavy atom. The lowest BCUT2D eigenvalue weighted by atomic mass is 10.3. The molecular formula is C14H19N5O2. The maximum atomic E-state index is 11.2. The summed E-state index contributed by atoms with van der Waals surface area (Å²) in [6.45, 7) is 3.49. The molecular weight excluding hydrogens is 270 g/mol. The van der Waals surface area contributed by atoms with Gasteiger partial charge in [-0.1, -0.05) is 18.2 Å². The highest BCUT2D eigenvalue weighted by atomic mass is 16.5. The molecule has 1 aromatic heterocycles. The van der Waals surface area contributed by atoms with Crippen LogP contribution in [-0.2, 0) is 16.1 Å². The summed E-state index contributed by atoms with van der Waals surface area (Å²) < 4.78 is 6.56. The number of hydrogen-bond acceptors (Lipinski definition) is 6. The van der Waals surface area contributed by atoms with Crippen LogP contribution < -0.4 is 5.32 Å². The van der Waals surface area contributed by atoms with Gasteiger partial charge in [-0.25, -0.2) is 0 Å². The van der Waals surface area contributed by atoms with Crippen molar-refractivity contribution >= 4 is 5.97 Å². The van der Waals surface area contributed by atoms with Gasteiger partial charge in [-0.15, -0.1) is 5.10 Å². The normalized spacial score (nSPS) is 10.5. The molecule has 7 nitrogen and oxygen atoms in total. The predicted molar refractivity (Wildman–Crippen MR) is 76.7 cm³/mol. The lowest BCUT2D eigenvalue weighted by Gasteiger charge is -2.06. The molecule has 0 saturated carbocycles. The molecule has 0 unspecified atom stereocenters. The van der Waals surface area contributed by atoms with E-state index in [9.17, 15) is 4.79 Å². The van der Waals surface area contributed by atoms with Gasteiger partial charge in [0.05, 0.1) is 18.8 Å². The number of para-hydroxylation sites is 1. The number of nitrogens with zero attached hydrogens (tertiary/aromatic N) is 4. The van der Waals surface area contributed by atoms with Crippen molar-refractivity contribution in [1.29, 1.82) is 0 Å². The molecule has 1 aromatic carbocycles. The number of tetrazole rings is 1. The van der Waals surface area contributed by atoms with Gasteiger partial charge in [0.15, 0.2) is 5.82 Å². The minimum atomic E-state index is -0.159. The molecule has 0 atom stereocenters. The highest BCUT2D eigenvalue weighted by Gasteiger charge is 2.07. The molecule has 0 bridgehead atoms. The van der Waals surface area contributed by atoms with E-state index in [4.69, 9.17) is 4.74 Å². The quantitative estimate of drug-likeness (QED) is 0.579. The Morgan fingerprint density at radius 3 is 2.90 bits per heavy atom. The number of nitrogens with one attached hydrogen (secondary N) is 1. The van der Waals surface area contributed by atoms with E-state index in [1.807, 2.05) is 30.3 Å². The third-order valence-corrected chi connectivity index (χ3v) is 2.86. The summed E-state index contributed by atoms with van der Waals surface area (Å²) in [7, 11) is 0. The Morgan fingerprint density at radius 1 is 1.33 bits per heavy atom. The van der Waals surface area contributed by atoms with Crippen LogP contribution in [0.2, 0.25) is 0 Å². The highest BCUT2D eigenvalue weighted by molar-refractivity contribution is 5.69. The molecule has 21 heavy (non-hydrogen) atoms. The first-order valence-corrected chi connectivity index (χ1v) is 7.00. The Balaban J connectivity index is 1.77. The van der Waals surface area contributed by atoms with Crippen LogP contribution in [0.3, 0.4) is 0 Å². The van der Waals surface area contributed by atoms with Crippen LogP contribution in [0.1, 0.15) is 25.6 Å². The van der Waals surface area contributed by atoms with Gasteiger partial charge in [0.1, 0.15) is 0 Å². The van der Waals surface area contributed by atoms with E-state index in [2.05, 4.69) is 20.8 Å². The van der Waals surface area contributed by atoms with E-state index in [0.717, 1.165) is 17.9 Å². The van der Waals surface area contributed by atoms with E-state index in [0.29, 0.717) is 26.1 Å². The summed E-state index contributed by atoms with van der Waals surface area (Å²) in [5.74, 6) is 0.575. The molecule has 0 amide bonds. The molecule has 0 saturated heterocycles. The smallest absolute Gasteiger partial charge is 0.305 e. The van der Waals surface area contributed by atoms with Crippen LogP contribution in [0.4, 0.5) is 0 Å². The number of ether oxygens (including phenoxy) is 1. The fourth-order valence-corrected chi connectivity index (χ4v) is 1.88. The van der Waals surface area contributed by atoms with Crippen LogP contribution in [0.5, 0.6) is 0 Å². The van der Waals surface area contributed by atoms with Crippen molar-refractivity contribution in [3.63, 3.8) is 0 Å². The summed E-state index contributed by atoms with van der Waals surface area (Å²) in [5.41, 5.74) is 0.922. The Kier molecular flexibility index (Phi) is 5.83. The zero-order valence-corrected chi connectivity index (χ0v) is 12.0. The lowest BCUT2D eigenvalue weighted by Crippen LogP contribution is -2.19. The fourth-order valence-electron chi connectivity index (χ4n) is 1.88. The van der Waals surface area contributed by atoms with Gasteiger partial charge in [0.2, 0.25) is 0 Å². The molecule has 0 aliphatic heterocycles. The molecule has 0 fully saturated rings. The number of carbonyl (C=O) groups is 1. The summed E-state index contributed by atoms with van der Waals surface area (Å²) in [4.78, 5) is 11.2. The van der Waals surface area contributed by atoms with Crippen LogP contribution in [0, 0.1) is 0 Å². The van der Waals surface area contributed by atoms with E-state index >= 15 is 0 Å². The molecule has 2 rings (SSSR count). The average Bonchev–Trinajstić information content (AvgIpc) is 2.96. The second-order valence-corrected chi connectivity index (χ2v) is 4.43. The second kappa shape index (κ2) is 8.11. The van der Waals surface area contributed by atoms with E-state index < -0.39 is 0 Å². The van der Waals surface area contributed by atoms with Gasteiger partial charge in [0, 0.05) is 6.42 Å². The standard InChI is InChI=1S/C14H19N5O2/c1-2-21-14(20)9-6-10-15-11-13-16-17-18-19(13)12-7-4-3-5-8-12/h3-5,7-8,15H,2,6,9-11H2,1H3. The predicted octanol–water partition coefficient (Wildman–Crippen LogP) is 1.10. The van der Waals surface area contributed by atoms with Gasteiger partial charge < -0.3 is 10.1 Å². The molecule has 0 spiro atoms. The van der Waals surface area contributed by atoms with Gasteiger partial charge in [-0.3, -0.25) is 4.79 Å². The van der Waals surface area contributed by atoms with Crippen molar-refractivity contribution in [2.45, 2.75) is 26.3 Å². The van der Waals surface area contributed by atoms with Gasteiger partial charge >= 0.3 is 5.97 Å². The van der Waals surface area contributed by atoms with Crippen molar-refractivity contribution in [3.05, 3.63) is 36.2 Å². The zero-order chi connectivity index (χ0) is 14.9. The third-order valence-electron chi connectivity index (χ3n) is 2.86. The number of hydrogen-bond donors (Lipinski definition) is 1. The minimum Gasteiger partial charge on any atom is -0.466 e. The van der Waals surface area contributed by atoms with Crippen LogP contribution in [0.15, 0.2) is 30.3 Å². The van der Waals surface area contributed by atoms with Crippen molar-refractivity contribution in [3.8, 4) is 5.69 Å². The maximum absolute atomic E-state index is 11.2. The molecule has 7 heteroatoms. The van der Waals surface area contributed by atoms with Crippen molar-refractivity contribution < 1.29 is 9.53 Å². The summed E-state index contributed by atoms with van der Waals surface area (Å²) in [5, 5.41) is 14.9. The Labute approximate surface area is 123 Å². The number of esters is 1. The molecule has 0 radical (unpaired) electrons. The number of aromatic nitrogens is 4. The summed E-state index contributed by atoms with van der Waals surface area (Å²) in [6, 6.07) is 9.71. The SMILES string of the molecule is CCOC(=O)CCCNCc1nnnn1-c1ccccc1. The van der Waals surface area contributed by atoms with E-state index in [1.54, 1.807) is 11.6 Å². The van der Waals surface area contributed by atoms with Crippen LogP contribution in [-0.4, -0.2) is 39.3 Å². The number of carbonyl (C=O) groups excluding carboxylic acids is 1. The summed E-state index contributed by atoms with van der Waals surface area (Å²) in [6.07, 6.45) is 1.15. The van der Waals surface area contributed by atoms with Gasteiger partial charge in [-0.2, -0.15) is 4.68 Å². The number of rotatable bonds is 8. The third kappa shape index (κ3) is 4.64. The summed E-state index contributed by atoms with van der Waals surface area (Å²) >= 11 is 0. The van der Waals surface area contributed by atoms with Crippen LogP contribution in [0.25, 0.3) is 5.69 Å². The lowest BCUT2D eigenvalue weighted by molar-refractivity contribution is -0.143. The average molecular weight is 289 g/mol. The highest BCUT2D eigenvalue weighted by Crippen LogP contribution is 2.06. The second-order valence-electron chi connectivity index (χ2n) is 4.43. The molecule has 1 N–H and O–H groups in total. The fraction of sp³-hybridized carbons (Fsp3) is 0.429. The van der Waals surface area contributed by atoms with Gasteiger partial charge in [0.25, 0.3) is 0 Å². The Hall–Kier alpha value is -2.28. The maximum Gasteiger partial charge on any atom is 0.305 e. The first-order valence-electron chi connectivity index (χ1n) is 7.00. The van der Waals surface area contributed by atoms with Crippen LogP contribution >= 0.6 is 0 Å². The minimum absolute atomic E-state index is 0.159. The molecule has 2 aromatic rings. The van der Waals surface area contributed by atoms with Gasteiger partial charge in [-0.05, 0) is 42.4 Å². The van der Waals surface area contributed by atoms with Crippen molar-refractivity contribution in [2.75, 3.05) is 13.2 Å². The largest absolute Gasteiger partial charge is 0.466 e.